The standard InChI is InChI=1S/C19H15N3O/c20-11-13-2-1-3-15(10-13)17-12-22-19-18(17)16(4-7-21-19)14-5-8-23-9-6-14/h1-5,7,10,12H,6,8-9H2,(H,21,22). The molecule has 3 heterocycles. The maximum atomic E-state index is 9.14. The fourth-order valence-electron chi connectivity index (χ4n) is 3.08. The number of rotatable bonds is 2. The van der Waals surface area contributed by atoms with Gasteiger partial charge in [-0.05, 0) is 41.3 Å². The number of aromatic nitrogens is 2. The molecule has 4 rings (SSSR count). The fourth-order valence-corrected chi connectivity index (χ4v) is 3.08. The molecule has 1 aliphatic rings. The molecule has 0 aliphatic carbocycles. The number of hydrogen-bond acceptors (Lipinski definition) is 3. The second-order valence-electron chi connectivity index (χ2n) is 5.53. The summed E-state index contributed by atoms with van der Waals surface area (Å²) in [6, 6.07) is 11.9. The van der Waals surface area contributed by atoms with E-state index in [9.17, 15) is 0 Å². The molecule has 0 fully saturated rings. The SMILES string of the molecule is N#Cc1cccc(-c2c[nH]c3nccc(C4=CCOCC4)c23)c1. The third kappa shape index (κ3) is 2.41. The Bertz CT molecular complexity index is 947. The maximum Gasteiger partial charge on any atom is 0.138 e. The van der Waals surface area contributed by atoms with Crippen LogP contribution in [0, 0.1) is 11.3 Å². The molecule has 0 amide bonds. The summed E-state index contributed by atoms with van der Waals surface area (Å²) in [6.07, 6.45) is 6.85. The lowest BCUT2D eigenvalue weighted by atomic mass is 9.95. The van der Waals surface area contributed by atoms with Crippen molar-refractivity contribution in [2.24, 2.45) is 0 Å². The largest absolute Gasteiger partial charge is 0.377 e. The molecular formula is C19H15N3O. The van der Waals surface area contributed by atoms with E-state index in [0.29, 0.717) is 12.2 Å². The molecule has 2 aromatic heterocycles. The van der Waals surface area contributed by atoms with Crippen LogP contribution in [0.4, 0.5) is 0 Å². The molecule has 3 aromatic rings. The summed E-state index contributed by atoms with van der Waals surface area (Å²) < 4.78 is 5.42. The molecule has 0 unspecified atom stereocenters. The summed E-state index contributed by atoms with van der Waals surface area (Å²) in [6.45, 7) is 1.40. The van der Waals surface area contributed by atoms with Crippen LogP contribution < -0.4 is 0 Å². The lowest BCUT2D eigenvalue weighted by Crippen LogP contribution is -2.04. The highest BCUT2D eigenvalue weighted by Crippen LogP contribution is 2.35. The van der Waals surface area contributed by atoms with Crippen LogP contribution in [0.2, 0.25) is 0 Å². The predicted molar refractivity (Wildman–Crippen MR) is 89.7 cm³/mol. The van der Waals surface area contributed by atoms with Crippen molar-refractivity contribution >= 4 is 16.6 Å². The number of benzene rings is 1. The smallest absolute Gasteiger partial charge is 0.138 e. The first-order valence-corrected chi connectivity index (χ1v) is 7.60. The first kappa shape index (κ1) is 13.7. The van der Waals surface area contributed by atoms with E-state index in [1.165, 1.54) is 11.1 Å². The number of hydrogen-bond donors (Lipinski definition) is 1. The highest BCUT2D eigenvalue weighted by Gasteiger charge is 2.15. The van der Waals surface area contributed by atoms with E-state index in [0.717, 1.165) is 35.2 Å². The molecule has 0 spiro atoms. The summed E-state index contributed by atoms with van der Waals surface area (Å²) in [5, 5.41) is 10.2. The van der Waals surface area contributed by atoms with Gasteiger partial charge in [0.2, 0.25) is 0 Å². The van der Waals surface area contributed by atoms with Crippen molar-refractivity contribution in [2.75, 3.05) is 13.2 Å². The van der Waals surface area contributed by atoms with E-state index < -0.39 is 0 Å². The summed E-state index contributed by atoms with van der Waals surface area (Å²) in [7, 11) is 0. The van der Waals surface area contributed by atoms with E-state index in [4.69, 9.17) is 10.00 Å². The number of aromatic amines is 1. The first-order chi connectivity index (χ1) is 11.4. The Balaban J connectivity index is 1.94. The zero-order valence-corrected chi connectivity index (χ0v) is 12.5. The van der Waals surface area contributed by atoms with Gasteiger partial charge in [-0.2, -0.15) is 5.26 Å². The van der Waals surface area contributed by atoms with Gasteiger partial charge in [-0.25, -0.2) is 4.98 Å². The minimum absolute atomic E-state index is 0.656. The van der Waals surface area contributed by atoms with Crippen LogP contribution in [-0.2, 0) is 4.74 Å². The number of nitrogens with one attached hydrogen (secondary N) is 1. The summed E-state index contributed by atoms with van der Waals surface area (Å²) in [5.41, 5.74) is 6.11. The van der Waals surface area contributed by atoms with Crippen LogP contribution in [0.5, 0.6) is 0 Å². The predicted octanol–water partition coefficient (Wildman–Crippen LogP) is 3.91. The zero-order valence-electron chi connectivity index (χ0n) is 12.5. The minimum Gasteiger partial charge on any atom is -0.377 e. The Morgan fingerprint density at radius 1 is 1.22 bits per heavy atom. The Hall–Kier alpha value is -2.90. The second kappa shape index (κ2) is 5.71. The number of nitrogens with zero attached hydrogens (tertiary/aromatic N) is 2. The first-order valence-electron chi connectivity index (χ1n) is 7.60. The molecule has 1 aliphatic heterocycles. The lowest BCUT2D eigenvalue weighted by Gasteiger charge is -2.15. The topological polar surface area (TPSA) is 61.7 Å². The molecular weight excluding hydrogens is 286 g/mol. The van der Waals surface area contributed by atoms with Crippen molar-refractivity contribution in [3.63, 3.8) is 0 Å². The van der Waals surface area contributed by atoms with Crippen LogP contribution in [0.15, 0.2) is 48.8 Å². The minimum atomic E-state index is 0.656. The monoisotopic (exact) mass is 301 g/mol. The molecule has 1 aromatic carbocycles. The third-order valence-electron chi connectivity index (χ3n) is 4.19. The van der Waals surface area contributed by atoms with Crippen LogP contribution in [0.3, 0.4) is 0 Å². The van der Waals surface area contributed by atoms with Gasteiger partial charge in [0.05, 0.1) is 24.8 Å². The number of H-pyrrole nitrogens is 1. The molecule has 0 saturated carbocycles. The molecule has 112 valence electrons. The summed E-state index contributed by atoms with van der Waals surface area (Å²) >= 11 is 0. The number of fused-ring (bicyclic) bond motifs is 1. The number of pyridine rings is 1. The van der Waals surface area contributed by atoms with Gasteiger partial charge in [0.1, 0.15) is 5.65 Å². The molecule has 0 bridgehead atoms. The second-order valence-corrected chi connectivity index (χ2v) is 5.53. The molecule has 0 radical (unpaired) electrons. The molecule has 4 heteroatoms. The maximum absolute atomic E-state index is 9.14. The van der Waals surface area contributed by atoms with Crippen LogP contribution in [0.1, 0.15) is 17.5 Å². The van der Waals surface area contributed by atoms with E-state index in [1.54, 1.807) is 0 Å². The van der Waals surface area contributed by atoms with E-state index in [-0.39, 0.29) is 0 Å². The van der Waals surface area contributed by atoms with Gasteiger partial charge in [0.25, 0.3) is 0 Å². The Morgan fingerprint density at radius 3 is 3.00 bits per heavy atom. The third-order valence-corrected chi connectivity index (χ3v) is 4.19. The number of nitriles is 1. The van der Waals surface area contributed by atoms with Gasteiger partial charge >= 0.3 is 0 Å². The van der Waals surface area contributed by atoms with Crippen LogP contribution >= 0.6 is 0 Å². The van der Waals surface area contributed by atoms with Crippen molar-refractivity contribution < 1.29 is 4.74 Å². The van der Waals surface area contributed by atoms with Gasteiger partial charge in [0.15, 0.2) is 0 Å². The average molecular weight is 301 g/mol. The van der Waals surface area contributed by atoms with Crippen molar-refractivity contribution in [1.29, 1.82) is 5.26 Å². The van der Waals surface area contributed by atoms with Gasteiger partial charge in [-0.1, -0.05) is 18.2 Å². The van der Waals surface area contributed by atoms with Gasteiger partial charge in [-0.3, -0.25) is 0 Å². The fraction of sp³-hybridized carbons (Fsp3) is 0.158. The van der Waals surface area contributed by atoms with E-state index >= 15 is 0 Å². The van der Waals surface area contributed by atoms with E-state index in [2.05, 4.69) is 28.2 Å². The molecule has 4 nitrogen and oxygen atoms in total. The van der Waals surface area contributed by atoms with Gasteiger partial charge in [-0.15, -0.1) is 0 Å². The van der Waals surface area contributed by atoms with Crippen molar-refractivity contribution in [1.82, 2.24) is 9.97 Å². The molecule has 1 N–H and O–H groups in total. The Kier molecular flexibility index (Phi) is 3.41. The summed E-state index contributed by atoms with van der Waals surface area (Å²) in [4.78, 5) is 7.70. The average Bonchev–Trinajstić information content (AvgIpc) is 3.07. The van der Waals surface area contributed by atoms with Gasteiger partial charge < -0.3 is 9.72 Å². The van der Waals surface area contributed by atoms with Crippen LogP contribution in [0.25, 0.3) is 27.7 Å². The molecule has 0 saturated heterocycles. The summed E-state index contributed by atoms with van der Waals surface area (Å²) in [5.74, 6) is 0. The highest BCUT2D eigenvalue weighted by molar-refractivity contribution is 6.01. The van der Waals surface area contributed by atoms with Crippen molar-refractivity contribution in [3.05, 3.63) is 59.9 Å². The quantitative estimate of drug-likeness (QED) is 0.780. The number of ether oxygens (including phenoxy) is 1. The van der Waals surface area contributed by atoms with Gasteiger partial charge in [0, 0.05) is 23.3 Å². The van der Waals surface area contributed by atoms with E-state index in [1.807, 2.05) is 36.7 Å². The van der Waals surface area contributed by atoms with Crippen LogP contribution in [-0.4, -0.2) is 23.2 Å². The van der Waals surface area contributed by atoms with Crippen molar-refractivity contribution in [3.8, 4) is 17.2 Å². The lowest BCUT2D eigenvalue weighted by molar-refractivity contribution is 0.161. The van der Waals surface area contributed by atoms with Crippen molar-refractivity contribution in [2.45, 2.75) is 6.42 Å². The zero-order chi connectivity index (χ0) is 15.6. The Morgan fingerprint density at radius 2 is 2.17 bits per heavy atom. The highest BCUT2D eigenvalue weighted by atomic mass is 16.5. The molecule has 0 atom stereocenters. The molecule has 23 heavy (non-hydrogen) atoms. The Labute approximate surface area is 134 Å². The normalized spacial score (nSPS) is 14.5.